The van der Waals surface area contributed by atoms with Crippen molar-refractivity contribution in [3.05, 3.63) is 0 Å². The minimum Gasteiger partial charge on any atom is -0.481 e. The lowest BCUT2D eigenvalue weighted by Gasteiger charge is -1.91. The van der Waals surface area contributed by atoms with Crippen LogP contribution in [-0.4, -0.2) is 46.1 Å². The van der Waals surface area contributed by atoms with Gasteiger partial charge in [-0.3, -0.25) is 9.59 Å². The van der Waals surface area contributed by atoms with E-state index in [9.17, 15) is 0 Å². The monoisotopic (exact) mass is 210 g/mol. The molecule has 7 nitrogen and oxygen atoms in total. The topological polar surface area (TPSA) is 124 Å². The van der Waals surface area contributed by atoms with Gasteiger partial charge < -0.3 is 24.9 Å². The molecule has 0 spiro atoms. The van der Waals surface area contributed by atoms with E-state index in [1.54, 1.807) is 6.92 Å². The molecule has 0 aliphatic carbocycles. The van der Waals surface area contributed by atoms with E-state index < -0.39 is 19.3 Å². The van der Waals surface area contributed by atoms with Gasteiger partial charge in [0.25, 0.3) is 11.9 Å². The number of aliphatic carboxylic acids is 2. The van der Waals surface area contributed by atoms with E-state index in [-0.39, 0.29) is 0 Å². The molecule has 0 aliphatic rings. The van der Waals surface area contributed by atoms with Crippen LogP contribution in [0.3, 0.4) is 0 Å². The molecule has 0 rings (SSSR count). The minimum atomic E-state index is -1.60. The fraction of sp³-hybridized carbons (Fsp3) is 0.667. The van der Waals surface area contributed by atoms with E-state index in [0.29, 0.717) is 6.61 Å². The third-order valence-corrected chi connectivity index (χ3v) is 0.316. The van der Waals surface area contributed by atoms with Gasteiger partial charge in [-0.05, 0) is 6.92 Å². The van der Waals surface area contributed by atoms with E-state index in [0.717, 1.165) is 13.8 Å². The number of carboxylic acids is 2. The van der Waals surface area contributed by atoms with Crippen LogP contribution in [0.5, 0.6) is 0 Å². The van der Waals surface area contributed by atoms with Crippen LogP contribution < -0.4 is 0 Å². The van der Waals surface area contributed by atoms with Crippen LogP contribution in [0.15, 0.2) is 0 Å². The van der Waals surface area contributed by atoms with Gasteiger partial charge >= 0.3 is 7.32 Å². The lowest BCUT2D eigenvalue weighted by molar-refractivity contribution is -0.135. The normalized spacial score (nSPS) is 7.21. The fourth-order valence-electron chi connectivity index (χ4n) is 0.149. The Bertz CT molecular complexity index is 127. The number of rotatable bonds is 2. The van der Waals surface area contributed by atoms with Crippen LogP contribution in [-0.2, 0) is 14.2 Å². The third-order valence-electron chi connectivity index (χ3n) is 0.316. The molecule has 4 N–H and O–H groups in total. The molecule has 0 bridgehead atoms. The first-order valence-corrected chi connectivity index (χ1v) is 3.60. The van der Waals surface area contributed by atoms with Crippen molar-refractivity contribution in [2.45, 2.75) is 20.8 Å². The van der Waals surface area contributed by atoms with Crippen molar-refractivity contribution in [3.63, 3.8) is 0 Å². The highest BCUT2D eigenvalue weighted by atomic mass is 16.6. The molecule has 0 radical (unpaired) electrons. The smallest absolute Gasteiger partial charge is 0.481 e. The first-order chi connectivity index (χ1) is 6.23. The molecule has 0 saturated heterocycles. The molecule has 0 aromatic carbocycles. The Balaban J connectivity index is -0.000000135. The standard InChI is InChI=1S/C2H7BO3.2C2H4O2/c1-2-6-3(4)5;2*1-2(3)4/h4-5H,2H2,1H3;2*1H3,(H,3,4). The molecule has 0 aliphatic heterocycles. The maximum Gasteiger partial charge on any atom is 0.633 e. The van der Waals surface area contributed by atoms with Gasteiger partial charge in [-0.2, -0.15) is 0 Å². The van der Waals surface area contributed by atoms with Gasteiger partial charge in [-0.15, -0.1) is 0 Å². The Morgan fingerprint density at radius 1 is 1.14 bits per heavy atom. The summed E-state index contributed by atoms with van der Waals surface area (Å²) in [4.78, 5) is 18.0. The average molecular weight is 210 g/mol. The maximum absolute atomic E-state index is 9.00. The van der Waals surface area contributed by atoms with Gasteiger partial charge in [0.05, 0.1) is 0 Å². The molecule has 14 heavy (non-hydrogen) atoms. The van der Waals surface area contributed by atoms with Gasteiger partial charge in [-0.25, -0.2) is 0 Å². The predicted molar refractivity (Wildman–Crippen MR) is 48.4 cm³/mol. The Morgan fingerprint density at radius 3 is 1.36 bits per heavy atom. The van der Waals surface area contributed by atoms with E-state index in [1.165, 1.54) is 0 Å². The number of carbonyl (C=O) groups is 2. The van der Waals surface area contributed by atoms with Crippen molar-refractivity contribution in [1.82, 2.24) is 0 Å². The van der Waals surface area contributed by atoms with Crippen molar-refractivity contribution >= 4 is 19.3 Å². The second kappa shape index (κ2) is 14.4. The van der Waals surface area contributed by atoms with Crippen LogP contribution in [0.4, 0.5) is 0 Å². The summed E-state index contributed by atoms with van der Waals surface area (Å²) in [7, 11) is -1.60. The molecule has 0 fully saturated rings. The predicted octanol–water partition coefficient (Wildman–Crippen LogP) is -0.826. The number of hydrogen-bond donors (Lipinski definition) is 4. The molecule has 0 aromatic rings. The quantitative estimate of drug-likeness (QED) is 0.438. The van der Waals surface area contributed by atoms with Crippen molar-refractivity contribution in [2.75, 3.05) is 6.61 Å². The van der Waals surface area contributed by atoms with Crippen molar-refractivity contribution in [2.24, 2.45) is 0 Å². The molecular weight excluding hydrogens is 195 g/mol. The SMILES string of the molecule is CC(=O)O.CC(=O)O.CCOB(O)O. The molecule has 0 unspecified atom stereocenters. The first-order valence-electron chi connectivity index (χ1n) is 3.60. The molecule has 84 valence electrons. The van der Waals surface area contributed by atoms with Gasteiger partial charge in [-0.1, -0.05) is 0 Å². The van der Waals surface area contributed by atoms with Gasteiger partial charge in [0.15, 0.2) is 0 Å². The zero-order valence-electron chi connectivity index (χ0n) is 8.30. The van der Waals surface area contributed by atoms with Crippen molar-refractivity contribution in [1.29, 1.82) is 0 Å². The highest BCUT2D eigenvalue weighted by Gasteiger charge is 2.03. The number of hydrogen-bond acceptors (Lipinski definition) is 5. The minimum absolute atomic E-state index is 0.331. The second-order valence-electron chi connectivity index (χ2n) is 1.82. The molecule has 0 heterocycles. The van der Waals surface area contributed by atoms with Crippen LogP contribution in [0.2, 0.25) is 0 Å². The average Bonchev–Trinajstić information content (AvgIpc) is 1.82. The van der Waals surface area contributed by atoms with E-state index in [1.807, 2.05) is 0 Å². The molecule has 0 amide bonds. The van der Waals surface area contributed by atoms with Crippen LogP contribution in [0, 0.1) is 0 Å². The maximum atomic E-state index is 9.00. The fourth-order valence-corrected chi connectivity index (χ4v) is 0.149. The van der Waals surface area contributed by atoms with E-state index in [4.69, 9.17) is 29.9 Å². The summed E-state index contributed by atoms with van der Waals surface area (Å²) < 4.78 is 4.15. The zero-order chi connectivity index (χ0) is 12.1. The Morgan fingerprint density at radius 2 is 1.36 bits per heavy atom. The summed E-state index contributed by atoms with van der Waals surface area (Å²) in [6.45, 7) is 4.18. The highest BCUT2D eigenvalue weighted by molar-refractivity contribution is 6.32. The van der Waals surface area contributed by atoms with Crippen molar-refractivity contribution in [3.8, 4) is 0 Å². The first kappa shape index (κ1) is 18.6. The Labute approximate surface area is 82.1 Å². The summed E-state index contributed by atoms with van der Waals surface area (Å²) in [6, 6.07) is 0. The van der Waals surface area contributed by atoms with E-state index in [2.05, 4.69) is 4.65 Å². The third kappa shape index (κ3) is 299. The molecule has 0 aromatic heterocycles. The largest absolute Gasteiger partial charge is 0.633 e. The van der Waals surface area contributed by atoms with Crippen molar-refractivity contribution < 1.29 is 34.5 Å². The zero-order valence-corrected chi connectivity index (χ0v) is 8.30. The molecule has 0 saturated carbocycles. The highest BCUT2D eigenvalue weighted by Crippen LogP contribution is 1.69. The van der Waals surface area contributed by atoms with Crippen LogP contribution in [0.1, 0.15) is 20.8 Å². The van der Waals surface area contributed by atoms with Gasteiger partial charge in [0.1, 0.15) is 0 Å². The second-order valence-corrected chi connectivity index (χ2v) is 1.82. The van der Waals surface area contributed by atoms with Crippen LogP contribution >= 0.6 is 0 Å². The lowest BCUT2D eigenvalue weighted by Crippen LogP contribution is -2.15. The summed E-state index contributed by atoms with van der Waals surface area (Å²) in [5.74, 6) is -1.67. The Kier molecular flexibility index (Phi) is 19.2. The molecule has 8 heteroatoms. The lowest BCUT2D eigenvalue weighted by atomic mass is 10.3. The number of carboxylic acid groups (broad SMARTS) is 2. The summed E-state index contributed by atoms with van der Waals surface area (Å²) >= 11 is 0. The molecular formula is C6H15BO7. The summed E-state index contributed by atoms with van der Waals surface area (Å²) in [6.07, 6.45) is 0. The summed E-state index contributed by atoms with van der Waals surface area (Å²) in [5, 5.41) is 30.6. The van der Waals surface area contributed by atoms with Crippen LogP contribution in [0.25, 0.3) is 0 Å². The molecule has 0 atom stereocenters. The Hall–Kier alpha value is -1.12. The summed E-state index contributed by atoms with van der Waals surface area (Å²) in [5.41, 5.74) is 0. The van der Waals surface area contributed by atoms with Gasteiger partial charge in [0, 0.05) is 20.5 Å². The van der Waals surface area contributed by atoms with E-state index >= 15 is 0 Å². The van der Waals surface area contributed by atoms with Gasteiger partial charge in [0.2, 0.25) is 0 Å².